The van der Waals surface area contributed by atoms with Gasteiger partial charge in [0.2, 0.25) is 5.91 Å². The standard InChI is InChI=1S/C15H21ClFN3O/c1-10-9-18-7-8-20(10)14(15(21)19(2)3)13-11(16)5-4-6-12(13)17/h4-6,10,14,18H,7-9H2,1-3H3. The smallest absolute Gasteiger partial charge is 0.244 e. The highest BCUT2D eigenvalue weighted by atomic mass is 35.5. The first-order valence-corrected chi connectivity index (χ1v) is 7.42. The molecule has 116 valence electrons. The van der Waals surface area contributed by atoms with Crippen molar-refractivity contribution in [1.82, 2.24) is 15.1 Å². The summed E-state index contributed by atoms with van der Waals surface area (Å²) in [6.45, 7) is 4.24. The van der Waals surface area contributed by atoms with Gasteiger partial charge in [-0.15, -0.1) is 0 Å². The Morgan fingerprint density at radius 1 is 1.52 bits per heavy atom. The van der Waals surface area contributed by atoms with Crippen molar-refractivity contribution in [3.8, 4) is 0 Å². The highest BCUT2D eigenvalue weighted by Gasteiger charge is 2.36. The van der Waals surface area contributed by atoms with Crippen LogP contribution < -0.4 is 5.32 Å². The van der Waals surface area contributed by atoms with Crippen LogP contribution in [-0.4, -0.2) is 55.5 Å². The van der Waals surface area contributed by atoms with Crippen LogP contribution in [0, 0.1) is 5.82 Å². The zero-order chi connectivity index (χ0) is 15.6. The van der Waals surface area contributed by atoms with Crippen molar-refractivity contribution in [1.29, 1.82) is 0 Å². The minimum atomic E-state index is -0.689. The third-order valence-electron chi connectivity index (χ3n) is 3.83. The third-order valence-corrected chi connectivity index (χ3v) is 4.16. The van der Waals surface area contributed by atoms with E-state index < -0.39 is 11.9 Å². The molecule has 0 aromatic heterocycles. The number of halogens is 2. The van der Waals surface area contributed by atoms with Crippen molar-refractivity contribution in [3.63, 3.8) is 0 Å². The molecule has 0 radical (unpaired) electrons. The van der Waals surface area contributed by atoms with Gasteiger partial charge in [0.15, 0.2) is 0 Å². The molecule has 2 unspecified atom stereocenters. The molecule has 0 spiro atoms. The molecule has 2 atom stereocenters. The number of nitrogens with one attached hydrogen (secondary N) is 1. The first kappa shape index (κ1) is 16.2. The Kier molecular flexibility index (Phi) is 5.19. The summed E-state index contributed by atoms with van der Waals surface area (Å²) in [5, 5.41) is 3.57. The lowest BCUT2D eigenvalue weighted by molar-refractivity contribution is -0.136. The van der Waals surface area contributed by atoms with Crippen LogP contribution >= 0.6 is 11.6 Å². The molecule has 1 aliphatic rings. The molecular formula is C15H21ClFN3O. The lowest BCUT2D eigenvalue weighted by Gasteiger charge is -2.40. The first-order chi connectivity index (χ1) is 9.93. The van der Waals surface area contributed by atoms with Crippen LogP contribution in [0.1, 0.15) is 18.5 Å². The number of hydrogen-bond donors (Lipinski definition) is 1. The summed E-state index contributed by atoms with van der Waals surface area (Å²) in [5.74, 6) is -0.593. The highest BCUT2D eigenvalue weighted by Crippen LogP contribution is 2.32. The number of amides is 1. The predicted octanol–water partition coefficient (Wildman–Crippen LogP) is 1.90. The lowest BCUT2D eigenvalue weighted by atomic mass is 10.00. The first-order valence-electron chi connectivity index (χ1n) is 7.05. The van der Waals surface area contributed by atoms with Gasteiger partial charge < -0.3 is 10.2 Å². The molecule has 1 N–H and O–H groups in total. The van der Waals surface area contributed by atoms with Gasteiger partial charge in [0.1, 0.15) is 11.9 Å². The molecule has 1 heterocycles. The fraction of sp³-hybridized carbons (Fsp3) is 0.533. The van der Waals surface area contributed by atoms with Crippen LogP contribution in [0.25, 0.3) is 0 Å². The van der Waals surface area contributed by atoms with Crippen LogP contribution in [-0.2, 0) is 4.79 Å². The number of benzene rings is 1. The second kappa shape index (κ2) is 6.73. The molecule has 0 aliphatic carbocycles. The number of piperazine rings is 1. The minimum Gasteiger partial charge on any atom is -0.347 e. The van der Waals surface area contributed by atoms with Crippen molar-refractivity contribution in [2.24, 2.45) is 0 Å². The summed E-state index contributed by atoms with van der Waals surface area (Å²) in [7, 11) is 3.36. The summed E-state index contributed by atoms with van der Waals surface area (Å²) in [6.07, 6.45) is 0. The zero-order valence-electron chi connectivity index (χ0n) is 12.6. The van der Waals surface area contributed by atoms with Gasteiger partial charge in [-0.05, 0) is 19.1 Å². The maximum Gasteiger partial charge on any atom is 0.244 e. The average Bonchev–Trinajstić information content (AvgIpc) is 2.43. The Morgan fingerprint density at radius 2 is 2.24 bits per heavy atom. The van der Waals surface area contributed by atoms with Crippen LogP contribution in [0.3, 0.4) is 0 Å². The quantitative estimate of drug-likeness (QED) is 0.926. The van der Waals surface area contributed by atoms with Gasteiger partial charge in [0.05, 0.1) is 0 Å². The number of rotatable bonds is 3. The molecule has 1 fully saturated rings. The molecule has 1 aromatic rings. The molecule has 21 heavy (non-hydrogen) atoms. The van der Waals surface area contributed by atoms with E-state index in [4.69, 9.17) is 11.6 Å². The summed E-state index contributed by atoms with van der Waals surface area (Å²) in [4.78, 5) is 16.1. The van der Waals surface area contributed by atoms with Crippen LogP contribution in [0.5, 0.6) is 0 Å². The van der Waals surface area contributed by atoms with Crippen molar-refractivity contribution >= 4 is 17.5 Å². The molecule has 1 aliphatic heterocycles. The van der Waals surface area contributed by atoms with Crippen LogP contribution in [0.4, 0.5) is 4.39 Å². The average molecular weight is 314 g/mol. The maximum atomic E-state index is 14.3. The van der Waals surface area contributed by atoms with Crippen molar-refractivity contribution < 1.29 is 9.18 Å². The molecule has 0 saturated carbocycles. The second-order valence-corrected chi connectivity index (χ2v) is 5.97. The Labute approximate surface area is 129 Å². The molecule has 2 rings (SSSR count). The third kappa shape index (κ3) is 3.36. The van der Waals surface area contributed by atoms with Gasteiger partial charge in [0, 0.05) is 50.4 Å². The van der Waals surface area contributed by atoms with E-state index in [0.717, 1.165) is 13.1 Å². The van der Waals surface area contributed by atoms with E-state index in [1.165, 1.54) is 11.0 Å². The van der Waals surface area contributed by atoms with E-state index in [-0.39, 0.29) is 17.5 Å². The SMILES string of the molecule is CC1CNCCN1C(C(=O)N(C)C)c1c(F)cccc1Cl. The topological polar surface area (TPSA) is 35.6 Å². The van der Waals surface area contributed by atoms with E-state index in [1.807, 2.05) is 11.8 Å². The Morgan fingerprint density at radius 3 is 2.81 bits per heavy atom. The molecular weight excluding hydrogens is 293 g/mol. The number of likely N-dealkylation sites (N-methyl/N-ethyl adjacent to an activating group) is 1. The van der Waals surface area contributed by atoms with E-state index in [9.17, 15) is 9.18 Å². The van der Waals surface area contributed by atoms with Gasteiger partial charge in [-0.1, -0.05) is 17.7 Å². The number of carbonyl (C=O) groups excluding carboxylic acids is 1. The molecule has 1 saturated heterocycles. The monoisotopic (exact) mass is 313 g/mol. The van der Waals surface area contributed by atoms with Gasteiger partial charge in [-0.3, -0.25) is 9.69 Å². The summed E-state index contributed by atoms with van der Waals surface area (Å²) < 4.78 is 14.3. The Hall–Kier alpha value is -1.17. The number of carbonyl (C=O) groups is 1. The van der Waals surface area contributed by atoms with Crippen LogP contribution in [0.2, 0.25) is 5.02 Å². The van der Waals surface area contributed by atoms with E-state index in [0.29, 0.717) is 11.6 Å². The van der Waals surface area contributed by atoms with Crippen molar-refractivity contribution in [2.45, 2.75) is 19.0 Å². The molecule has 6 heteroatoms. The Bertz CT molecular complexity index is 503. The highest BCUT2D eigenvalue weighted by molar-refractivity contribution is 6.31. The lowest BCUT2D eigenvalue weighted by Crippen LogP contribution is -2.54. The van der Waals surface area contributed by atoms with Crippen LogP contribution in [0.15, 0.2) is 18.2 Å². The van der Waals surface area contributed by atoms with Crippen molar-refractivity contribution in [2.75, 3.05) is 33.7 Å². The number of nitrogens with zero attached hydrogens (tertiary/aromatic N) is 2. The maximum absolute atomic E-state index is 14.3. The molecule has 1 aromatic carbocycles. The van der Waals surface area contributed by atoms with Gasteiger partial charge >= 0.3 is 0 Å². The molecule has 0 bridgehead atoms. The second-order valence-electron chi connectivity index (χ2n) is 5.56. The normalized spacial score (nSPS) is 21.1. The largest absolute Gasteiger partial charge is 0.347 e. The van der Waals surface area contributed by atoms with Gasteiger partial charge in [-0.2, -0.15) is 0 Å². The van der Waals surface area contributed by atoms with Gasteiger partial charge in [0.25, 0.3) is 0 Å². The minimum absolute atomic E-state index is 0.128. The van der Waals surface area contributed by atoms with Crippen molar-refractivity contribution in [3.05, 3.63) is 34.6 Å². The van der Waals surface area contributed by atoms with E-state index in [1.54, 1.807) is 26.2 Å². The molecule has 4 nitrogen and oxygen atoms in total. The fourth-order valence-corrected chi connectivity index (χ4v) is 2.95. The predicted molar refractivity (Wildman–Crippen MR) is 81.9 cm³/mol. The van der Waals surface area contributed by atoms with E-state index >= 15 is 0 Å². The Balaban J connectivity index is 2.48. The summed E-state index contributed by atoms with van der Waals surface area (Å²) in [6, 6.07) is 3.97. The zero-order valence-corrected chi connectivity index (χ0v) is 13.3. The summed E-state index contributed by atoms with van der Waals surface area (Å²) >= 11 is 6.19. The fourth-order valence-electron chi connectivity index (χ4n) is 2.69. The van der Waals surface area contributed by atoms with Gasteiger partial charge in [-0.25, -0.2) is 4.39 Å². The number of hydrogen-bond acceptors (Lipinski definition) is 3. The van der Waals surface area contributed by atoms with E-state index in [2.05, 4.69) is 5.32 Å². The summed E-state index contributed by atoms with van der Waals surface area (Å²) in [5.41, 5.74) is 0.270. The molecule has 1 amide bonds.